The van der Waals surface area contributed by atoms with Crippen molar-refractivity contribution >= 4 is 16.9 Å². The Hall–Kier alpha value is -1.95. The molecule has 1 atom stereocenters. The Bertz CT molecular complexity index is 734. The monoisotopic (exact) mass is 315 g/mol. The second-order valence-corrected chi connectivity index (χ2v) is 6.97. The minimum absolute atomic E-state index is 0.0376. The van der Waals surface area contributed by atoms with Crippen LogP contribution in [-0.4, -0.2) is 44.7 Å². The second-order valence-electron chi connectivity index (χ2n) is 6.97. The highest BCUT2D eigenvalue weighted by atomic mass is 16.2. The molecule has 0 aliphatic carbocycles. The molecule has 3 rings (SSSR count). The molecule has 2 N–H and O–H groups in total. The maximum atomic E-state index is 13.0. The predicted molar refractivity (Wildman–Crippen MR) is 90.5 cm³/mol. The Kier molecular flexibility index (Phi) is 4.10. The van der Waals surface area contributed by atoms with Crippen molar-refractivity contribution in [1.82, 2.24) is 19.7 Å². The molecule has 1 aliphatic heterocycles. The Morgan fingerprint density at radius 3 is 2.65 bits per heavy atom. The molecule has 0 radical (unpaired) electrons. The molecule has 6 heteroatoms. The lowest BCUT2D eigenvalue weighted by atomic mass is 10.0. The van der Waals surface area contributed by atoms with Crippen molar-refractivity contribution in [3.8, 4) is 0 Å². The third-order valence-corrected chi connectivity index (χ3v) is 4.41. The Morgan fingerprint density at radius 2 is 2.09 bits per heavy atom. The Morgan fingerprint density at radius 1 is 1.35 bits per heavy atom. The van der Waals surface area contributed by atoms with Gasteiger partial charge in [-0.2, -0.15) is 5.10 Å². The molecular weight excluding hydrogens is 290 g/mol. The van der Waals surface area contributed by atoms with Crippen LogP contribution in [0.3, 0.4) is 0 Å². The van der Waals surface area contributed by atoms with E-state index in [1.54, 1.807) is 6.20 Å². The van der Waals surface area contributed by atoms with Gasteiger partial charge in [0.2, 0.25) is 0 Å². The van der Waals surface area contributed by atoms with Crippen molar-refractivity contribution in [1.29, 1.82) is 0 Å². The fourth-order valence-electron chi connectivity index (χ4n) is 3.03. The number of aromatic nitrogens is 3. The van der Waals surface area contributed by atoms with E-state index < -0.39 is 0 Å². The van der Waals surface area contributed by atoms with Crippen LogP contribution in [0.25, 0.3) is 11.0 Å². The average Bonchev–Trinajstić information content (AvgIpc) is 3.11. The van der Waals surface area contributed by atoms with E-state index in [4.69, 9.17) is 10.7 Å². The van der Waals surface area contributed by atoms with E-state index in [1.807, 2.05) is 15.6 Å². The molecule has 0 bridgehead atoms. The van der Waals surface area contributed by atoms with E-state index in [0.717, 1.165) is 29.7 Å². The highest BCUT2D eigenvalue weighted by Gasteiger charge is 2.27. The van der Waals surface area contributed by atoms with Crippen molar-refractivity contribution in [3.63, 3.8) is 0 Å². The minimum Gasteiger partial charge on any atom is -0.337 e. The quantitative estimate of drug-likeness (QED) is 0.943. The summed E-state index contributed by atoms with van der Waals surface area (Å²) in [7, 11) is 0. The first-order valence-corrected chi connectivity index (χ1v) is 8.31. The zero-order valence-corrected chi connectivity index (χ0v) is 14.3. The molecule has 0 spiro atoms. The van der Waals surface area contributed by atoms with E-state index >= 15 is 0 Å². The highest BCUT2D eigenvalue weighted by molar-refractivity contribution is 6.05. The molecule has 6 nitrogen and oxygen atoms in total. The van der Waals surface area contributed by atoms with Gasteiger partial charge in [-0.15, -0.1) is 0 Å². The van der Waals surface area contributed by atoms with Crippen LogP contribution in [0, 0.1) is 0 Å². The lowest BCUT2D eigenvalue weighted by molar-refractivity contribution is 0.0792. The third-order valence-electron chi connectivity index (χ3n) is 4.41. The van der Waals surface area contributed by atoms with Gasteiger partial charge in [0.15, 0.2) is 5.65 Å². The van der Waals surface area contributed by atoms with Crippen LogP contribution in [0.1, 0.15) is 62.1 Å². The normalized spacial score (nSPS) is 18.6. The van der Waals surface area contributed by atoms with E-state index in [-0.39, 0.29) is 23.9 Å². The molecule has 2 aromatic heterocycles. The number of nitrogens with zero attached hydrogens (tertiary/aromatic N) is 4. The van der Waals surface area contributed by atoms with Gasteiger partial charge in [-0.1, -0.05) is 13.8 Å². The molecule has 1 amide bonds. The van der Waals surface area contributed by atoms with Gasteiger partial charge in [0.25, 0.3) is 5.91 Å². The maximum absolute atomic E-state index is 13.0. The van der Waals surface area contributed by atoms with Gasteiger partial charge in [0.1, 0.15) is 0 Å². The fraction of sp³-hybridized carbons (Fsp3) is 0.588. The molecule has 0 saturated carbocycles. The zero-order valence-electron chi connectivity index (χ0n) is 14.3. The number of nitrogens with two attached hydrogens (primary N) is 1. The molecule has 124 valence electrons. The van der Waals surface area contributed by atoms with Gasteiger partial charge in [0.05, 0.1) is 17.1 Å². The summed E-state index contributed by atoms with van der Waals surface area (Å²) in [6, 6.07) is 2.20. The number of hydrogen-bond donors (Lipinski definition) is 1. The molecule has 0 aromatic carbocycles. The minimum atomic E-state index is 0.0376. The van der Waals surface area contributed by atoms with Gasteiger partial charge in [0, 0.05) is 30.9 Å². The molecular formula is C17H25N5O. The summed E-state index contributed by atoms with van der Waals surface area (Å²) in [5, 5.41) is 5.27. The van der Waals surface area contributed by atoms with Crippen molar-refractivity contribution in [2.75, 3.05) is 13.1 Å². The molecule has 3 heterocycles. The Labute approximate surface area is 136 Å². The van der Waals surface area contributed by atoms with Crippen LogP contribution in [0.2, 0.25) is 0 Å². The van der Waals surface area contributed by atoms with E-state index in [9.17, 15) is 4.79 Å². The topological polar surface area (TPSA) is 77.0 Å². The second kappa shape index (κ2) is 5.92. The first kappa shape index (κ1) is 15.9. The summed E-state index contributed by atoms with van der Waals surface area (Å²) in [6.07, 6.45) is 2.62. The summed E-state index contributed by atoms with van der Waals surface area (Å²) in [4.78, 5) is 19.6. The standard InChI is InChI=1S/C17H25N5O/c1-10(2)15-7-13(17(23)21-6-5-12(18)9-21)14-8-19-22(11(3)4)16(14)20-15/h7-8,10-12H,5-6,9,18H2,1-4H3/t12-/m0/s1. The van der Waals surface area contributed by atoms with Crippen LogP contribution in [0.15, 0.2) is 12.3 Å². The largest absolute Gasteiger partial charge is 0.337 e. The van der Waals surface area contributed by atoms with Crippen LogP contribution in [-0.2, 0) is 0 Å². The number of fused-ring (bicyclic) bond motifs is 1. The lowest BCUT2D eigenvalue weighted by Crippen LogP contribution is -2.32. The summed E-state index contributed by atoms with van der Waals surface area (Å²) in [6.45, 7) is 9.65. The van der Waals surface area contributed by atoms with Gasteiger partial charge in [-0.25, -0.2) is 9.67 Å². The molecule has 1 aliphatic rings. The van der Waals surface area contributed by atoms with E-state index in [2.05, 4.69) is 32.8 Å². The van der Waals surface area contributed by atoms with Crippen molar-refractivity contribution in [3.05, 3.63) is 23.5 Å². The number of carbonyl (C=O) groups is 1. The first-order chi connectivity index (χ1) is 10.9. The molecule has 1 saturated heterocycles. The van der Waals surface area contributed by atoms with Crippen LogP contribution >= 0.6 is 0 Å². The maximum Gasteiger partial charge on any atom is 0.254 e. The Balaban J connectivity index is 2.13. The number of carbonyl (C=O) groups excluding carboxylic acids is 1. The summed E-state index contributed by atoms with van der Waals surface area (Å²) in [5.41, 5.74) is 8.36. The number of pyridine rings is 1. The van der Waals surface area contributed by atoms with E-state index in [0.29, 0.717) is 12.1 Å². The number of hydrogen-bond acceptors (Lipinski definition) is 4. The molecule has 23 heavy (non-hydrogen) atoms. The van der Waals surface area contributed by atoms with Crippen molar-refractivity contribution < 1.29 is 4.79 Å². The van der Waals surface area contributed by atoms with Crippen LogP contribution in [0.5, 0.6) is 0 Å². The molecule has 1 fully saturated rings. The molecule has 2 aromatic rings. The predicted octanol–water partition coefficient (Wildman–Crippen LogP) is 2.31. The number of likely N-dealkylation sites (tertiary alicyclic amines) is 1. The smallest absolute Gasteiger partial charge is 0.254 e. The number of amides is 1. The number of rotatable bonds is 3. The summed E-state index contributed by atoms with van der Waals surface area (Å²) >= 11 is 0. The first-order valence-electron chi connectivity index (χ1n) is 8.31. The van der Waals surface area contributed by atoms with Crippen molar-refractivity contribution in [2.45, 2.75) is 52.1 Å². The fourth-order valence-corrected chi connectivity index (χ4v) is 3.03. The average molecular weight is 315 g/mol. The zero-order chi connectivity index (χ0) is 16.7. The van der Waals surface area contributed by atoms with Gasteiger partial charge < -0.3 is 10.6 Å². The van der Waals surface area contributed by atoms with Gasteiger partial charge in [-0.3, -0.25) is 4.79 Å². The van der Waals surface area contributed by atoms with Crippen molar-refractivity contribution in [2.24, 2.45) is 5.73 Å². The lowest BCUT2D eigenvalue weighted by Gasteiger charge is -2.18. The van der Waals surface area contributed by atoms with Crippen LogP contribution < -0.4 is 5.73 Å². The summed E-state index contributed by atoms with van der Waals surface area (Å²) in [5.74, 6) is 0.290. The van der Waals surface area contributed by atoms with Gasteiger partial charge in [-0.05, 0) is 32.3 Å². The summed E-state index contributed by atoms with van der Waals surface area (Å²) < 4.78 is 1.88. The highest BCUT2D eigenvalue weighted by Crippen LogP contribution is 2.26. The van der Waals surface area contributed by atoms with Crippen LogP contribution in [0.4, 0.5) is 0 Å². The van der Waals surface area contributed by atoms with E-state index in [1.165, 1.54) is 0 Å². The van der Waals surface area contributed by atoms with Gasteiger partial charge >= 0.3 is 0 Å². The third kappa shape index (κ3) is 2.83. The molecule has 0 unspecified atom stereocenters. The SMILES string of the molecule is CC(C)c1cc(C(=O)N2CC[C@H](N)C2)c2cnn(C(C)C)c2n1.